The Morgan fingerprint density at radius 1 is 1.53 bits per heavy atom. The van der Waals surface area contributed by atoms with E-state index in [0.29, 0.717) is 11.5 Å². The fourth-order valence-electron chi connectivity index (χ4n) is 1.49. The third-order valence-electron chi connectivity index (χ3n) is 2.49. The highest BCUT2D eigenvalue weighted by atomic mass is 32.2. The number of aliphatic hydroxyl groups is 1. The van der Waals surface area contributed by atoms with Crippen molar-refractivity contribution in [3.05, 3.63) is 12.1 Å². The molecule has 0 aliphatic heterocycles. The number of tetrazole rings is 1. The van der Waals surface area contributed by atoms with Crippen LogP contribution in [-0.2, 0) is 0 Å². The number of hydrogen-bond acceptors (Lipinski definition) is 7. The van der Waals surface area contributed by atoms with E-state index in [-0.39, 0.29) is 17.9 Å². The standard InChI is InChI=1S/C9H14N6OS/c1-6(7(5-16)17-2)10-8-3-4-9-11-13-14-15(9)12-8/h3-4,6-7,16H,5H2,1-2H3,(H,10,12). The van der Waals surface area contributed by atoms with Crippen LogP contribution in [0, 0.1) is 0 Å². The Balaban J connectivity index is 2.11. The predicted octanol–water partition coefficient (Wildman–Crippen LogP) is 0.0436. The van der Waals surface area contributed by atoms with Crippen LogP contribution in [-0.4, -0.2) is 54.5 Å². The van der Waals surface area contributed by atoms with Crippen LogP contribution >= 0.6 is 11.8 Å². The van der Waals surface area contributed by atoms with Gasteiger partial charge in [0.15, 0.2) is 5.65 Å². The largest absolute Gasteiger partial charge is 0.395 e. The van der Waals surface area contributed by atoms with E-state index in [4.69, 9.17) is 0 Å². The monoisotopic (exact) mass is 254 g/mol. The Hall–Kier alpha value is -1.41. The van der Waals surface area contributed by atoms with Gasteiger partial charge in [0.1, 0.15) is 5.82 Å². The lowest BCUT2D eigenvalue weighted by Gasteiger charge is -2.21. The number of rotatable bonds is 5. The summed E-state index contributed by atoms with van der Waals surface area (Å²) in [6.07, 6.45) is 1.97. The Kier molecular flexibility index (Phi) is 3.75. The summed E-state index contributed by atoms with van der Waals surface area (Å²) in [5.74, 6) is 0.685. The van der Waals surface area contributed by atoms with Crippen molar-refractivity contribution in [1.29, 1.82) is 0 Å². The van der Waals surface area contributed by atoms with Gasteiger partial charge in [-0.3, -0.25) is 0 Å². The van der Waals surface area contributed by atoms with Gasteiger partial charge in [-0.1, -0.05) is 0 Å². The van der Waals surface area contributed by atoms with Crippen molar-refractivity contribution in [1.82, 2.24) is 25.3 Å². The molecule has 92 valence electrons. The predicted molar refractivity (Wildman–Crippen MR) is 66.1 cm³/mol. The summed E-state index contributed by atoms with van der Waals surface area (Å²) in [7, 11) is 0. The highest BCUT2D eigenvalue weighted by molar-refractivity contribution is 7.99. The van der Waals surface area contributed by atoms with Crippen molar-refractivity contribution in [3.8, 4) is 0 Å². The van der Waals surface area contributed by atoms with Crippen LogP contribution in [0.5, 0.6) is 0 Å². The number of hydrogen-bond donors (Lipinski definition) is 2. The van der Waals surface area contributed by atoms with Gasteiger partial charge in [0.05, 0.1) is 6.61 Å². The quantitative estimate of drug-likeness (QED) is 0.779. The van der Waals surface area contributed by atoms with Crippen LogP contribution in [0.4, 0.5) is 5.82 Å². The maximum absolute atomic E-state index is 9.19. The van der Waals surface area contributed by atoms with Crippen LogP contribution in [0.1, 0.15) is 6.92 Å². The summed E-state index contributed by atoms with van der Waals surface area (Å²) in [5, 5.41) is 27.8. The third kappa shape index (κ3) is 2.64. The average Bonchev–Trinajstić information content (AvgIpc) is 2.77. The molecule has 0 amide bonds. The zero-order chi connectivity index (χ0) is 12.3. The van der Waals surface area contributed by atoms with E-state index < -0.39 is 0 Å². The van der Waals surface area contributed by atoms with Crippen molar-refractivity contribution in [2.45, 2.75) is 18.2 Å². The molecule has 0 aliphatic rings. The average molecular weight is 254 g/mol. The molecule has 2 N–H and O–H groups in total. The van der Waals surface area contributed by atoms with Crippen LogP contribution in [0.3, 0.4) is 0 Å². The van der Waals surface area contributed by atoms with E-state index >= 15 is 0 Å². The summed E-state index contributed by atoms with van der Waals surface area (Å²) in [4.78, 5) is 0. The van der Waals surface area contributed by atoms with Crippen molar-refractivity contribution in [3.63, 3.8) is 0 Å². The van der Waals surface area contributed by atoms with Crippen LogP contribution in [0.25, 0.3) is 5.65 Å². The topological polar surface area (TPSA) is 88.2 Å². The second-order valence-electron chi connectivity index (χ2n) is 3.63. The SMILES string of the molecule is CSC(CO)C(C)Nc1ccc2nnnn2n1. The lowest BCUT2D eigenvalue weighted by Crippen LogP contribution is -2.31. The van der Waals surface area contributed by atoms with Crippen molar-refractivity contribution < 1.29 is 5.11 Å². The van der Waals surface area contributed by atoms with Gasteiger partial charge in [-0.2, -0.15) is 11.8 Å². The lowest BCUT2D eigenvalue weighted by molar-refractivity contribution is 0.288. The molecule has 8 heteroatoms. The summed E-state index contributed by atoms with van der Waals surface area (Å²) in [6, 6.07) is 3.71. The first-order valence-electron chi connectivity index (χ1n) is 5.20. The number of nitrogens with one attached hydrogen (secondary N) is 1. The maximum Gasteiger partial charge on any atom is 0.200 e. The molecule has 2 aromatic heterocycles. The van der Waals surface area contributed by atoms with Crippen LogP contribution in [0.2, 0.25) is 0 Å². The minimum absolute atomic E-state index is 0.108. The van der Waals surface area contributed by atoms with Crippen molar-refractivity contribution >= 4 is 23.2 Å². The van der Waals surface area contributed by atoms with E-state index in [1.165, 1.54) is 4.63 Å². The number of aromatic nitrogens is 5. The van der Waals surface area contributed by atoms with E-state index in [1.807, 2.05) is 19.2 Å². The molecule has 0 aromatic carbocycles. The van der Waals surface area contributed by atoms with Gasteiger partial charge in [-0.05, 0) is 35.7 Å². The zero-order valence-corrected chi connectivity index (χ0v) is 10.4. The molecule has 0 saturated heterocycles. The summed E-state index contributed by atoms with van der Waals surface area (Å²) in [6.45, 7) is 2.13. The second kappa shape index (κ2) is 5.28. The molecule has 0 fully saturated rings. The Labute approximate surface area is 103 Å². The molecule has 17 heavy (non-hydrogen) atoms. The smallest absolute Gasteiger partial charge is 0.200 e. The molecule has 0 spiro atoms. The first kappa shape index (κ1) is 12.1. The number of anilines is 1. The molecular weight excluding hydrogens is 240 g/mol. The highest BCUT2D eigenvalue weighted by Gasteiger charge is 2.15. The van der Waals surface area contributed by atoms with Gasteiger partial charge >= 0.3 is 0 Å². The second-order valence-corrected chi connectivity index (χ2v) is 4.71. The van der Waals surface area contributed by atoms with E-state index in [0.717, 1.165) is 0 Å². The molecule has 0 bridgehead atoms. The van der Waals surface area contributed by atoms with Crippen LogP contribution in [0.15, 0.2) is 12.1 Å². The van der Waals surface area contributed by atoms with E-state index in [2.05, 4.69) is 25.9 Å². The van der Waals surface area contributed by atoms with E-state index in [1.54, 1.807) is 17.8 Å². The molecule has 7 nitrogen and oxygen atoms in total. The highest BCUT2D eigenvalue weighted by Crippen LogP contribution is 2.14. The number of thioether (sulfide) groups is 1. The Morgan fingerprint density at radius 2 is 2.35 bits per heavy atom. The maximum atomic E-state index is 9.19. The minimum Gasteiger partial charge on any atom is -0.395 e. The first-order valence-corrected chi connectivity index (χ1v) is 6.49. The fourth-order valence-corrected chi connectivity index (χ4v) is 2.11. The lowest BCUT2D eigenvalue weighted by atomic mass is 10.2. The summed E-state index contributed by atoms with van der Waals surface area (Å²) < 4.78 is 1.36. The Bertz CT molecular complexity index is 485. The van der Waals surface area contributed by atoms with Gasteiger partial charge in [0, 0.05) is 11.3 Å². The summed E-state index contributed by atoms with van der Waals surface area (Å²) >= 11 is 1.62. The first-order chi connectivity index (χ1) is 8.24. The van der Waals surface area contributed by atoms with Gasteiger partial charge in [0.25, 0.3) is 0 Å². The normalized spacial score (nSPS) is 14.8. The van der Waals surface area contributed by atoms with Gasteiger partial charge in [-0.15, -0.1) is 14.8 Å². The van der Waals surface area contributed by atoms with Crippen molar-refractivity contribution in [2.75, 3.05) is 18.2 Å². The van der Waals surface area contributed by atoms with Crippen LogP contribution < -0.4 is 5.32 Å². The molecule has 2 unspecified atom stereocenters. The van der Waals surface area contributed by atoms with E-state index in [9.17, 15) is 5.11 Å². The molecule has 2 heterocycles. The minimum atomic E-state index is 0.108. The van der Waals surface area contributed by atoms with Crippen molar-refractivity contribution in [2.24, 2.45) is 0 Å². The molecule has 0 aliphatic carbocycles. The number of fused-ring (bicyclic) bond motifs is 1. The Morgan fingerprint density at radius 3 is 3.06 bits per heavy atom. The number of aliphatic hydroxyl groups excluding tert-OH is 1. The fraction of sp³-hybridized carbons (Fsp3) is 0.556. The third-order valence-corrected chi connectivity index (χ3v) is 3.65. The molecule has 2 atom stereocenters. The zero-order valence-electron chi connectivity index (χ0n) is 9.61. The molecule has 0 saturated carbocycles. The molecular formula is C9H14N6OS. The molecule has 2 aromatic rings. The summed E-state index contributed by atoms with van der Waals surface area (Å²) in [5.41, 5.74) is 0.603. The van der Waals surface area contributed by atoms with Gasteiger partial charge in [0.2, 0.25) is 0 Å². The molecule has 0 radical (unpaired) electrons. The number of nitrogens with zero attached hydrogens (tertiary/aromatic N) is 5. The van der Waals surface area contributed by atoms with Gasteiger partial charge in [-0.25, -0.2) is 0 Å². The van der Waals surface area contributed by atoms with Gasteiger partial charge < -0.3 is 10.4 Å². The molecule has 2 rings (SSSR count).